The predicted molar refractivity (Wildman–Crippen MR) is 351 cm³/mol. The minimum absolute atomic E-state index is 0.00644. The minimum atomic E-state index is -1.45. The van der Waals surface area contributed by atoms with E-state index in [2.05, 4.69) is 134 Å². The van der Waals surface area contributed by atoms with E-state index in [0.29, 0.717) is 50.7 Å². The Morgan fingerprint density at radius 1 is 0.398 bits per heavy atom. The molecule has 4 heterocycles. The summed E-state index contributed by atoms with van der Waals surface area (Å²) in [6, 6.07) is 49.8. The molecule has 402 valence electrons. The van der Waals surface area contributed by atoms with Crippen molar-refractivity contribution >= 4 is 62.0 Å². The topological polar surface area (TPSA) is 17.4 Å². The fourth-order valence-electron chi connectivity index (χ4n) is 13.4. The second-order valence-corrected chi connectivity index (χ2v) is 25.5. The highest BCUT2D eigenvalue weighted by Gasteiger charge is 2.55. The van der Waals surface area contributed by atoms with E-state index in [1.807, 2.05) is 97.1 Å². The molecule has 0 N–H and O–H groups in total. The molecular weight excluding hydrogens is 1000 g/mol. The lowest BCUT2D eigenvalue weighted by atomic mass is 9.29. The number of nitrogens with zero attached hydrogens (tertiary/aromatic N) is 2. The molecule has 1 aromatic heterocycles. The highest BCUT2D eigenvalue weighted by Crippen LogP contribution is 2.58. The van der Waals surface area contributed by atoms with Gasteiger partial charge in [-0.25, -0.2) is 0 Å². The average Bonchev–Trinajstić information content (AvgIpc) is 0.670. The molecule has 4 heteroatoms. The normalized spacial score (nSPS) is 16.2. The zero-order valence-corrected chi connectivity index (χ0v) is 48.0. The van der Waals surface area contributed by atoms with Gasteiger partial charge in [0.15, 0.2) is 0 Å². The van der Waals surface area contributed by atoms with Gasteiger partial charge in [-0.2, -0.15) is 0 Å². The number of aromatic nitrogens is 1. The van der Waals surface area contributed by atoms with Gasteiger partial charge in [0, 0.05) is 44.5 Å². The second-order valence-electron chi connectivity index (χ2n) is 25.5. The van der Waals surface area contributed by atoms with Crippen molar-refractivity contribution in [1.29, 1.82) is 0 Å². The molecule has 0 amide bonds. The molecule has 0 aliphatic carbocycles. The molecule has 3 aliphatic rings. The Kier molecular flexibility index (Phi) is 8.57. The van der Waals surface area contributed by atoms with Crippen LogP contribution in [0.5, 0.6) is 11.5 Å². The summed E-state index contributed by atoms with van der Waals surface area (Å²) in [7, 11) is 0. The van der Waals surface area contributed by atoms with E-state index in [1.54, 1.807) is 4.57 Å². The summed E-state index contributed by atoms with van der Waals surface area (Å²) in [6.45, 7) is 19.3. The monoisotopic (exact) mass is 1080 g/mol. The van der Waals surface area contributed by atoms with Gasteiger partial charge in [0.05, 0.1) is 40.0 Å². The maximum Gasteiger partial charge on any atom is 0.247 e. The number of ether oxygens (including phenoxy) is 1. The van der Waals surface area contributed by atoms with E-state index in [-0.39, 0.29) is 55.7 Å². The molecule has 0 atom stereocenters. The number of para-hydroxylation sites is 4. The molecule has 0 unspecified atom stereocenters. The van der Waals surface area contributed by atoms with Crippen LogP contribution in [-0.2, 0) is 21.7 Å². The first-order chi connectivity index (χ1) is 45.4. The van der Waals surface area contributed by atoms with Crippen molar-refractivity contribution in [2.45, 2.75) is 84.0 Å². The summed E-state index contributed by atoms with van der Waals surface area (Å²) in [5.41, 5.74) is 13.5. The van der Waals surface area contributed by atoms with E-state index in [0.717, 1.165) is 55.6 Å². The Hall–Kier alpha value is -9.12. The van der Waals surface area contributed by atoms with E-state index in [4.69, 9.17) is 11.6 Å². The first kappa shape index (κ1) is 38.6. The first-order valence-corrected chi connectivity index (χ1v) is 28.5. The van der Waals surface area contributed by atoms with Crippen molar-refractivity contribution in [3.05, 3.63) is 281 Å². The lowest BCUT2D eigenvalue weighted by Crippen LogP contribution is -2.65. The number of hydrogen-bond donors (Lipinski definition) is 0. The molecule has 83 heavy (non-hydrogen) atoms. The van der Waals surface area contributed by atoms with Crippen LogP contribution in [0.1, 0.15) is 119 Å². The lowest BCUT2D eigenvalue weighted by molar-refractivity contribution is 0.435. The molecule has 0 radical (unpaired) electrons. The van der Waals surface area contributed by atoms with Gasteiger partial charge in [0.1, 0.15) is 11.5 Å². The lowest BCUT2D eigenvalue weighted by Gasteiger charge is -2.50. The molecule has 0 saturated heterocycles. The number of rotatable bonds is 5. The van der Waals surface area contributed by atoms with Crippen LogP contribution in [0.4, 0.5) is 17.1 Å². The van der Waals surface area contributed by atoms with Crippen LogP contribution < -0.4 is 26.0 Å². The van der Waals surface area contributed by atoms with Gasteiger partial charge in [-0.1, -0.05) is 243 Å². The molecule has 3 aliphatic heterocycles. The fraction of sp³-hybridized carbons (Fsp3) is 0.165. The molecule has 12 aromatic rings. The van der Waals surface area contributed by atoms with Crippen molar-refractivity contribution in [3.8, 4) is 50.6 Å². The van der Waals surface area contributed by atoms with Crippen molar-refractivity contribution < 1.29 is 22.6 Å². The summed E-state index contributed by atoms with van der Waals surface area (Å²) in [5, 5.41) is -0.110. The van der Waals surface area contributed by atoms with Crippen LogP contribution in [0.3, 0.4) is 0 Å². The highest BCUT2D eigenvalue weighted by atomic mass is 16.5. The van der Waals surface area contributed by atoms with Gasteiger partial charge < -0.3 is 14.2 Å². The second kappa shape index (κ2) is 18.4. The van der Waals surface area contributed by atoms with Crippen LogP contribution in [0.15, 0.2) is 242 Å². The van der Waals surface area contributed by atoms with Crippen LogP contribution in [0.25, 0.3) is 60.9 Å². The first-order valence-electron chi connectivity index (χ1n) is 35.0. The quantitative estimate of drug-likeness (QED) is 0.160. The summed E-state index contributed by atoms with van der Waals surface area (Å²) in [6.07, 6.45) is 0. The number of fused-ring (bicyclic) bond motifs is 13. The third kappa shape index (κ3) is 7.86. The molecule has 0 saturated carbocycles. The number of anilines is 3. The van der Waals surface area contributed by atoms with Gasteiger partial charge >= 0.3 is 0 Å². The van der Waals surface area contributed by atoms with Crippen molar-refractivity contribution in [2.75, 3.05) is 4.90 Å². The van der Waals surface area contributed by atoms with Gasteiger partial charge in [-0.15, -0.1) is 0 Å². The molecule has 0 fully saturated rings. The molecule has 0 bridgehead atoms. The Morgan fingerprint density at radius 2 is 0.964 bits per heavy atom. The van der Waals surface area contributed by atoms with Crippen molar-refractivity contribution in [3.63, 3.8) is 0 Å². The van der Waals surface area contributed by atoms with Crippen LogP contribution in [-0.4, -0.2) is 11.3 Å². The van der Waals surface area contributed by atoms with E-state index in [1.165, 1.54) is 11.1 Å². The van der Waals surface area contributed by atoms with E-state index in [9.17, 15) is 11.0 Å². The largest absolute Gasteiger partial charge is 0.457 e. The number of hydrogen-bond acceptors (Lipinski definition) is 2. The van der Waals surface area contributed by atoms with Crippen LogP contribution in [0, 0.1) is 0 Å². The smallest absolute Gasteiger partial charge is 0.247 e. The third-order valence-electron chi connectivity index (χ3n) is 17.5. The number of benzene rings is 11. The average molecular weight is 1080 g/mol. The van der Waals surface area contributed by atoms with Crippen molar-refractivity contribution in [2.24, 2.45) is 0 Å². The molecule has 3 nitrogen and oxygen atoms in total. The van der Waals surface area contributed by atoms with E-state index >= 15 is 0 Å². The van der Waals surface area contributed by atoms with Crippen LogP contribution in [0.2, 0.25) is 0 Å². The Bertz CT molecular complexity index is 5220. The van der Waals surface area contributed by atoms with Gasteiger partial charge in [0.2, 0.25) is 6.71 Å². The molecular formula is C79H67BN2O. The zero-order valence-electron chi connectivity index (χ0n) is 61.0. The summed E-state index contributed by atoms with van der Waals surface area (Å²) >= 11 is 0. The molecule has 15 rings (SSSR count). The Morgan fingerprint density at radius 3 is 1.60 bits per heavy atom. The van der Waals surface area contributed by atoms with Gasteiger partial charge in [0.25, 0.3) is 0 Å². The minimum Gasteiger partial charge on any atom is -0.457 e. The van der Waals surface area contributed by atoms with E-state index < -0.39 is 78.6 Å². The summed E-state index contributed by atoms with van der Waals surface area (Å²) in [4.78, 5) is 2.32. The Labute approximate surface area is 507 Å². The standard InChI is InChI=1S/C79H67BN2O/c1-76(2,3)55-37-41-70(61(48-55)51-26-14-11-15-27-51)82-71-45-52(53-42-56(77(4,5)6)47-57(43-53)78(7,8)9)36-39-67(71)80-66-40-38-58(81-68-32-20-16-28-59(68)60-29-17-21-33-69(60)81)49-64(66)79(62-30-18-22-34-73(62)83-74-35-23-19-31-63(74)79)65-44-54(46-72(82)75(65)80)50-24-12-10-13-25-50/h10-49H,1-9H3/i10D,12D,13D,16D,17D,20D,21D,24D,25D,28D,29D,32D,33D. The summed E-state index contributed by atoms with van der Waals surface area (Å²) in [5.74, 6) is 1.03. The Balaban J connectivity index is 1.17. The van der Waals surface area contributed by atoms with Gasteiger partial charge in [-0.3, -0.25) is 0 Å². The van der Waals surface area contributed by atoms with Gasteiger partial charge in [-0.05, 0) is 149 Å². The van der Waals surface area contributed by atoms with Crippen LogP contribution >= 0.6 is 0 Å². The zero-order chi connectivity index (χ0) is 68.0. The highest BCUT2D eigenvalue weighted by molar-refractivity contribution is 6.99. The SMILES string of the molecule is [2H]c1c([2H])c([2H])c(-c2cc3c4c(c2)C2(c5ccccc5Oc5ccccc52)c2cc(-n5c6c([2H])c([2H])c([2H])c([2H])c6c6c([2H])c([2H])c([2H])c([2H])c65)ccc2B4c2ccc(-c4cc(C(C)(C)C)cc(C(C)(C)C)c4)cc2N3c2ccc(C(C)(C)C)cc2-c2ccccc2)c([2H])c1[2H]. The maximum atomic E-state index is 9.83. The predicted octanol–water partition coefficient (Wildman–Crippen LogP) is 18.8. The maximum absolute atomic E-state index is 9.83. The molecule has 11 aromatic carbocycles. The third-order valence-corrected chi connectivity index (χ3v) is 17.5. The molecule has 1 spiro atoms. The van der Waals surface area contributed by atoms with Crippen molar-refractivity contribution in [1.82, 2.24) is 4.57 Å². The summed E-state index contributed by atoms with van der Waals surface area (Å²) < 4.78 is 130. The fourth-order valence-corrected chi connectivity index (χ4v) is 13.4.